The summed E-state index contributed by atoms with van der Waals surface area (Å²) in [6.07, 6.45) is 5.45. The molecule has 4 aromatic rings. The van der Waals surface area contributed by atoms with Gasteiger partial charge in [-0.3, -0.25) is 14.9 Å². The van der Waals surface area contributed by atoms with E-state index in [0.717, 1.165) is 36.8 Å². The summed E-state index contributed by atoms with van der Waals surface area (Å²) in [5.74, 6) is -1.76. The van der Waals surface area contributed by atoms with Crippen molar-refractivity contribution in [3.63, 3.8) is 0 Å². The Balaban J connectivity index is 0.00000228. The first kappa shape index (κ1) is 21.4. The number of rotatable bonds is 3. The van der Waals surface area contributed by atoms with Gasteiger partial charge in [-0.15, -0.1) is 12.4 Å². The SMILES string of the molecule is Cl.O=C1NC(=O)C(c2c(F)ccc3ccoc23)=C1c1cn(C2CCCNC2)c2ccccc12. The normalized spacial score (nSPS) is 18.8. The number of imide groups is 1. The summed E-state index contributed by atoms with van der Waals surface area (Å²) in [7, 11) is 0. The average molecular weight is 466 g/mol. The Bertz CT molecular complexity index is 1450. The summed E-state index contributed by atoms with van der Waals surface area (Å²) in [6, 6.07) is 12.6. The lowest BCUT2D eigenvalue weighted by Crippen LogP contribution is -2.31. The minimum absolute atomic E-state index is 0. The number of hydrogen-bond acceptors (Lipinski definition) is 4. The predicted octanol–water partition coefficient (Wildman–Crippen LogP) is 4.44. The van der Waals surface area contributed by atoms with Gasteiger partial charge in [-0.1, -0.05) is 18.2 Å². The number of piperidine rings is 1. The van der Waals surface area contributed by atoms with Crippen molar-refractivity contribution in [1.29, 1.82) is 0 Å². The lowest BCUT2D eigenvalue weighted by molar-refractivity contribution is -0.122. The molecule has 1 saturated heterocycles. The number of para-hydroxylation sites is 1. The summed E-state index contributed by atoms with van der Waals surface area (Å²) >= 11 is 0. The predicted molar refractivity (Wildman–Crippen MR) is 126 cm³/mol. The maximum atomic E-state index is 15.0. The van der Waals surface area contributed by atoms with Crippen LogP contribution in [-0.2, 0) is 9.59 Å². The lowest BCUT2D eigenvalue weighted by atomic mass is 9.94. The van der Waals surface area contributed by atoms with Crippen molar-refractivity contribution in [3.8, 4) is 0 Å². The van der Waals surface area contributed by atoms with E-state index < -0.39 is 17.6 Å². The Hall–Kier alpha value is -3.42. The standard InChI is InChI=1S/C25H20FN3O3.ClH/c26-18-8-7-14-9-11-32-23(14)21(18)22-20(24(30)28-25(22)31)17-13-29(15-4-3-10-27-12-15)19-6-2-1-5-16(17)19;/h1-2,5-9,11,13,15,27H,3-4,10,12H2,(H,28,30,31);1H. The van der Waals surface area contributed by atoms with Crippen LogP contribution in [0.3, 0.4) is 0 Å². The monoisotopic (exact) mass is 465 g/mol. The average Bonchev–Trinajstić information content (AvgIpc) is 3.50. The van der Waals surface area contributed by atoms with Gasteiger partial charge in [0.05, 0.1) is 23.0 Å². The largest absolute Gasteiger partial charge is 0.464 e. The lowest BCUT2D eigenvalue weighted by Gasteiger charge is -2.25. The molecule has 2 aliphatic heterocycles. The number of furan rings is 1. The van der Waals surface area contributed by atoms with Crippen LogP contribution in [0.25, 0.3) is 33.0 Å². The van der Waals surface area contributed by atoms with Crippen LogP contribution < -0.4 is 10.6 Å². The van der Waals surface area contributed by atoms with E-state index in [1.54, 1.807) is 12.1 Å². The smallest absolute Gasteiger partial charge is 0.259 e. The van der Waals surface area contributed by atoms with Crippen LogP contribution in [0.4, 0.5) is 4.39 Å². The third kappa shape index (κ3) is 3.27. The molecule has 0 aliphatic carbocycles. The van der Waals surface area contributed by atoms with Crippen LogP contribution in [0.5, 0.6) is 0 Å². The molecule has 1 fully saturated rings. The number of fused-ring (bicyclic) bond motifs is 2. The van der Waals surface area contributed by atoms with Crippen molar-refractivity contribution >= 4 is 57.2 Å². The van der Waals surface area contributed by atoms with Crippen molar-refractivity contribution in [2.75, 3.05) is 13.1 Å². The molecule has 0 saturated carbocycles. The molecule has 2 aromatic heterocycles. The highest BCUT2D eigenvalue weighted by Gasteiger charge is 2.37. The third-order valence-corrected chi connectivity index (χ3v) is 6.43. The van der Waals surface area contributed by atoms with Crippen LogP contribution in [0.1, 0.15) is 30.0 Å². The van der Waals surface area contributed by atoms with Crippen molar-refractivity contribution in [2.24, 2.45) is 0 Å². The second-order valence-corrected chi connectivity index (χ2v) is 8.26. The Kier molecular flexibility index (Phi) is 5.31. The van der Waals surface area contributed by atoms with E-state index in [-0.39, 0.29) is 40.7 Å². The zero-order valence-electron chi connectivity index (χ0n) is 17.6. The topological polar surface area (TPSA) is 76.3 Å². The number of carbonyl (C=O) groups is 2. The van der Waals surface area contributed by atoms with E-state index in [4.69, 9.17) is 4.42 Å². The van der Waals surface area contributed by atoms with Crippen molar-refractivity contribution in [2.45, 2.75) is 18.9 Å². The fourth-order valence-corrected chi connectivity index (χ4v) is 4.97. The highest BCUT2D eigenvalue weighted by atomic mass is 35.5. The Morgan fingerprint density at radius 1 is 1.03 bits per heavy atom. The zero-order chi connectivity index (χ0) is 21.8. The van der Waals surface area contributed by atoms with Crippen LogP contribution in [-0.4, -0.2) is 29.5 Å². The van der Waals surface area contributed by atoms with Gasteiger partial charge < -0.3 is 14.3 Å². The maximum Gasteiger partial charge on any atom is 0.259 e. The van der Waals surface area contributed by atoms with Crippen LogP contribution in [0.2, 0.25) is 0 Å². The summed E-state index contributed by atoms with van der Waals surface area (Å²) in [5, 5.41) is 7.31. The first-order chi connectivity index (χ1) is 15.6. The number of hydrogen-bond donors (Lipinski definition) is 2. The molecule has 6 rings (SSSR count). The number of amides is 2. The molecule has 4 heterocycles. The molecule has 2 aromatic carbocycles. The van der Waals surface area contributed by atoms with Crippen molar-refractivity contribution in [1.82, 2.24) is 15.2 Å². The summed E-state index contributed by atoms with van der Waals surface area (Å²) in [5.41, 5.74) is 2.05. The van der Waals surface area contributed by atoms with E-state index >= 15 is 4.39 Å². The fraction of sp³-hybridized carbons (Fsp3) is 0.200. The van der Waals surface area contributed by atoms with Gasteiger partial charge in [0.1, 0.15) is 11.4 Å². The second kappa shape index (κ2) is 8.17. The van der Waals surface area contributed by atoms with E-state index in [0.29, 0.717) is 10.9 Å². The van der Waals surface area contributed by atoms with Crippen LogP contribution >= 0.6 is 12.4 Å². The molecular weight excluding hydrogens is 445 g/mol. The van der Waals surface area contributed by atoms with Gasteiger partial charge in [-0.25, -0.2) is 4.39 Å². The minimum Gasteiger partial charge on any atom is -0.464 e. The second-order valence-electron chi connectivity index (χ2n) is 8.26. The van der Waals surface area contributed by atoms with E-state index in [2.05, 4.69) is 15.2 Å². The molecule has 33 heavy (non-hydrogen) atoms. The number of halogens is 2. The minimum atomic E-state index is -0.621. The first-order valence-electron chi connectivity index (χ1n) is 10.7. The molecule has 8 heteroatoms. The molecule has 2 N–H and O–H groups in total. The molecule has 1 atom stereocenters. The van der Waals surface area contributed by atoms with E-state index in [1.807, 2.05) is 30.5 Å². The molecule has 0 bridgehead atoms. The van der Waals surface area contributed by atoms with E-state index in [1.165, 1.54) is 12.3 Å². The summed E-state index contributed by atoms with van der Waals surface area (Å²) in [4.78, 5) is 25.9. The number of nitrogens with zero attached hydrogens (tertiary/aromatic N) is 1. The molecule has 168 valence electrons. The highest BCUT2D eigenvalue weighted by Crippen LogP contribution is 2.40. The Labute approximate surface area is 194 Å². The van der Waals surface area contributed by atoms with Gasteiger partial charge in [-0.05, 0) is 43.7 Å². The highest BCUT2D eigenvalue weighted by molar-refractivity contribution is 6.50. The Morgan fingerprint density at radius 3 is 2.67 bits per heavy atom. The van der Waals surface area contributed by atoms with Gasteiger partial charge in [-0.2, -0.15) is 0 Å². The number of nitrogens with one attached hydrogen (secondary N) is 2. The van der Waals surface area contributed by atoms with Gasteiger partial charge >= 0.3 is 0 Å². The number of benzene rings is 2. The van der Waals surface area contributed by atoms with Crippen molar-refractivity contribution in [3.05, 3.63) is 71.9 Å². The van der Waals surface area contributed by atoms with Crippen molar-refractivity contribution < 1.29 is 18.4 Å². The van der Waals surface area contributed by atoms with E-state index in [9.17, 15) is 9.59 Å². The van der Waals surface area contributed by atoms with Crippen LogP contribution in [0, 0.1) is 5.82 Å². The molecule has 0 radical (unpaired) electrons. The van der Waals surface area contributed by atoms with Gasteiger partial charge in [0.25, 0.3) is 11.8 Å². The fourth-order valence-electron chi connectivity index (χ4n) is 4.97. The molecule has 6 nitrogen and oxygen atoms in total. The van der Waals surface area contributed by atoms with Gasteiger partial charge in [0.15, 0.2) is 0 Å². The Morgan fingerprint density at radius 2 is 1.85 bits per heavy atom. The molecule has 1 unspecified atom stereocenters. The number of carbonyl (C=O) groups excluding carboxylic acids is 2. The molecular formula is C25H21ClFN3O3. The number of aromatic nitrogens is 1. The molecule has 2 aliphatic rings. The summed E-state index contributed by atoms with van der Waals surface area (Å²) < 4.78 is 22.7. The molecule has 2 amide bonds. The van der Waals surface area contributed by atoms with Gasteiger partial charge in [0.2, 0.25) is 0 Å². The van der Waals surface area contributed by atoms with Gasteiger partial charge in [0, 0.05) is 40.6 Å². The molecule has 0 spiro atoms. The van der Waals surface area contributed by atoms with Crippen LogP contribution in [0.15, 0.2) is 59.3 Å². The summed E-state index contributed by atoms with van der Waals surface area (Å²) in [6.45, 7) is 1.82. The maximum absolute atomic E-state index is 15.0. The first-order valence-corrected chi connectivity index (χ1v) is 10.7. The zero-order valence-corrected chi connectivity index (χ0v) is 18.4. The quantitative estimate of drug-likeness (QED) is 0.438. The third-order valence-electron chi connectivity index (χ3n) is 6.43.